The molecule has 0 aromatic carbocycles. The first-order valence-corrected chi connectivity index (χ1v) is 9.45. The van der Waals surface area contributed by atoms with E-state index in [9.17, 15) is 4.79 Å². The second kappa shape index (κ2) is 7.48. The van der Waals surface area contributed by atoms with Crippen molar-refractivity contribution in [3.8, 4) is 0 Å². The van der Waals surface area contributed by atoms with Crippen molar-refractivity contribution in [2.75, 3.05) is 6.54 Å². The van der Waals surface area contributed by atoms with Gasteiger partial charge in [-0.1, -0.05) is 12.8 Å². The Balaban J connectivity index is 1.39. The maximum Gasteiger partial charge on any atom is 0.220 e. The van der Waals surface area contributed by atoms with Gasteiger partial charge in [0, 0.05) is 44.0 Å². The van der Waals surface area contributed by atoms with Gasteiger partial charge in [0.15, 0.2) is 0 Å². The summed E-state index contributed by atoms with van der Waals surface area (Å²) in [4.78, 5) is 15.0. The summed E-state index contributed by atoms with van der Waals surface area (Å²) < 4.78 is 7.62. The summed E-state index contributed by atoms with van der Waals surface area (Å²) in [5, 5.41) is 2.99. The third-order valence-corrected chi connectivity index (χ3v) is 5.59. The fourth-order valence-corrected chi connectivity index (χ4v) is 4.32. The molecule has 1 aliphatic carbocycles. The number of amides is 1. The quantitative estimate of drug-likeness (QED) is 0.909. The smallest absolute Gasteiger partial charge is 0.220 e. The topological polar surface area (TPSA) is 50.4 Å². The number of hydrogen-bond acceptors (Lipinski definition) is 3. The second-order valence-corrected chi connectivity index (χ2v) is 7.45. The van der Waals surface area contributed by atoms with Crippen LogP contribution in [0.5, 0.6) is 0 Å². The average molecular weight is 341 g/mol. The van der Waals surface area contributed by atoms with Crippen molar-refractivity contribution in [1.29, 1.82) is 0 Å². The number of nitrogens with zero attached hydrogens (tertiary/aromatic N) is 2. The van der Waals surface area contributed by atoms with Crippen LogP contribution in [0.2, 0.25) is 0 Å². The fraction of sp³-hybridized carbons (Fsp3) is 0.550. The SMILES string of the molecule is O=C(C[C@@H]1CN(C2CCCC2)Cc2cccn2C1)NCc1ccco1. The van der Waals surface area contributed by atoms with Crippen molar-refractivity contribution in [2.24, 2.45) is 5.92 Å². The summed E-state index contributed by atoms with van der Waals surface area (Å²) in [6.45, 7) is 3.43. The second-order valence-electron chi connectivity index (χ2n) is 7.45. The lowest BCUT2D eigenvalue weighted by Crippen LogP contribution is -2.37. The van der Waals surface area contributed by atoms with Crippen molar-refractivity contribution >= 4 is 5.91 Å². The summed E-state index contributed by atoms with van der Waals surface area (Å²) in [6.07, 6.45) is 9.66. The molecule has 134 valence electrons. The molecule has 0 saturated heterocycles. The Kier molecular flexibility index (Phi) is 4.92. The van der Waals surface area contributed by atoms with Crippen LogP contribution in [-0.2, 0) is 24.4 Å². The Hall–Kier alpha value is -2.01. The lowest BCUT2D eigenvalue weighted by Gasteiger charge is -2.29. The van der Waals surface area contributed by atoms with Crippen LogP contribution in [0.15, 0.2) is 41.1 Å². The Morgan fingerprint density at radius 3 is 2.88 bits per heavy atom. The number of fused-ring (bicyclic) bond motifs is 1. The van der Waals surface area contributed by atoms with Gasteiger partial charge in [0.2, 0.25) is 5.91 Å². The van der Waals surface area contributed by atoms with Gasteiger partial charge in [0.1, 0.15) is 5.76 Å². The molecular formula is C20H27N3O2. The molecule has 4 rings (SSSR count). The molecule has 3 heterocycles. The van der Waals surface area contributed by atoms with E-state index in [2.05, 4.69) is 33.1 Å². The normalized spacial score (nSPS) is 21.8. The van der Waals surface area contributed by atoms with Crippen LogP contribution in [-0.4, -0.2) is 28.0 Å². The van der Waals surface area contributed by atoms with Gasteiger partial charge in [-0.2, -0.15) is 0 Å². The molecule has 1 aliphatic heterocycles. The predicted molar refractivity (Wildman–Crippen MR) is 95.8 cm³/mol. The van der Waals surface area contributed by atoms with Crippen LogP contribution in [0.25, 0.3) is 0 Å². The van der Waals surface area contributed by atoms with E-state index in [1.54, 1.807) is 6.26 Å². The summed E-state index contributed by atoms with van der Waals surface area (Å²) in [7, 11) is 0. The first-order valence-electron chi connectivity index (χ1n) is 9.45. The van der Waals surface area contributed by atoms with Crippen LogP contribution >= 0.6 is 0 Å². The van der Waals surface area contributed by atoms with Crippen molar-refractivity contribution < 1.29 is 9.21 Å². The summed E-state index contributed by atoms with van der Waals surface area (Å²) in [6, 6.07) is 8.78. The van der Waals surface area contributed by atoms with Gasteiger partial charge in [-0.25, -0.2) is 0 Å². The van der Waals surface area contributed by atoms with Gasteiger partial charge < -0.3 is 14.3 Å². The van der Waals surface area contributed by atoms with Crippen molar-refractivity contribution in [3.63, 3.8) is 0 Å². The minimum atomic E-state index is 0.114. The Labute approximate surface area is 149 Å². The molecule has 1 saturated carbocycles. The first-order chi connectivity index (χ1) is 12.3. The third-order valence-electron chi connectivity index (χ3n) is 5.59. The predicted octanol–water partition coefficient (Wildman–Crippen LogP) is 3.16. The number of hydrogen-bond donors (Lipinski definition) is 1. The molecule has 5 heteroatoms. The zero-order valence-corrected chi connectivity index (χ0v) is 14.7. The standard InChI is InChI=1S/C20H27N3O2/c24-20(21-12-19-8-4-10-25-19)11-16-13-22-9-3-7-18(22)15-23(14-16)17-5-1-2-6-17/h3-4,7-10,16-17H,1-2,5-6,11-15H2,(H,21,24)/t16-/m0/s1. The highest BCUT2D eigenvalue weighted by Gasteiger charge is 2.29. The van der Waals surface area contributed by atoms with Gasteiger partial charge in [-0.3, -0.25) is 9.69 Å². The number of carbonyl (C=O) groups is 1. The number of rotatable bonds is 5. The maximum atomic E-state index is 12.4. The fourth-order valence-electron chi connectivity index (χ4n) is 4.32. The van der Waals surface area contributed by atoms with E-state index in [0.717, 1.165) is 25.4 Å². The number of aromatic nitrogens is 1. The average Bonchev–Trinajstić information content (AvgIpc) is 3.35. The van der Waals surface area contributed by atoms with E-state index in [1.165, 1.54) is 31.4 Å². The van der Waals surface area contributed by atoms with Gasteiger partial charge in [0.05, 0.1) is 12.8 Å². The largest absolute Gasteiger partial charge is 0.467 e. The van der Waals surface area contributed by atoms with Gasteiger partial charge in [0.25, 0.3) is 0 Å². The van der Waals surface area contributed by atoms with E-state index in [4.69, 9.17) is 4.42 Å². The first kappa shape index (κ1) is 16.5. The molecule has 2 aromatic heterocycles. The molecule has 1 atom stereocenters. The van der Waals surface area contributed by atoms with Crippen LogP contribution in [0, 0.1) is 5.92 Å². The van der Waals surface area contributed by atoms with Crippen LogP contribution < -0.4 is 5.32 Å². The van der Waals surface area contributed by atoms with E-state index < -0.39 is 0 Å². The molecule has 0 radical (unpaired) electrons. The van der Waals surface area contributed by atoms with Gasteiger partial charge >= 0.3 is 0 Å². The van der Waals surface area contributed by atoms with Gasteiger partial charge in [-0.05, 0) is 43.0 Å². The summed E-state index contributed by atoms with van der Waals surface area (Å²) >= 11 is 0. The number of furan rings is 1. The molecule has 25 heavy (non-hydrogen) atoms. The van der Waals surface area contributed by atoms with Crippen LogP contribution in [0.4, 0.5) is 0 Å². The minimum Gasteiger partial charge on any atom is -0.467 e. The van der Waals surface area contributed by atoms with E-state index in [0.29, 0.717) is 24.9 Å². The van der Waals surface area contributed by atoms with Crippen molar-refractivity contribution in [2.45, 2.75) is 57.8 Å². The maximum absolute atomic E-state index is 12.4. The van der Waals surface area contributed by atoms with Crippen LogP contribution in [0.1, 0.15) is 43.6 Å². The number of carbonyl (C=O) groups excluding carboxylic acids is 1. The Morgan fingerprint density at radius 1 is 1.20 bits per heavy atom. The zero-order chi connectivity index (χ0) is 17.1. The highest BCUT2D eigenvalue weighted by Crippen LogP contribution is 2.28. The molecule has 1 N–H and O–H groups in total. The lowest BCUT2D eigenvalue weighted by atomic mass is 10.0. The van der Waals surface area contributed by atoms with Crippen molar-refractivity contribution in [1.82, 2.24) is 14.8 Å². The van der Waals surface area contributed by atoms with E-state index >= 15 is 0 Å². The molecule has 1 fully saturated rings. The zero-order valence-electron chi connectivity index (χ0n) is 14.7. The monoisotopic (exact) mass is 341 g/mol. The van der Waals surface area contributed by atoms with Gasteiger partial charge in [-0.15, -0.1) is 0 Å². The molecule has 0 spiro atoms. The Bertz CT molecular complexity index is 686. The van der Waals surface area contributed by atoms with E-state index in [1.807, 2.05) is 12.1 Å². The lowest BCUT2D eigenvalue weighted by molar-refractivity contribution is -0.122. The number of nitrogens with one attached hydrogen (secondary N) is 1. The molecule has 0 unspecified atom stereocenters. The van der Waals surface area contributed by atoms with Crippen molar-refractivity contribution in [3.05, 3.63) is 48.2 Å². The van der Waals surface area contributed by atoms with E-state index in [-0.39, 0.29) is 5.91 Å². The highest BCUT2D eigenvalue weighted by atomic mass is 16.3. The molecule has 1 amide bonds. The molecular weight excluding hydrogens is 314 g/mol. The molecule has 0 bridgehead atoms. The molecule has 5 nitrogen and oxygen atoms in total. The minimum absolute atomic E-state index is 0.114. The third kappa shape index (κ3) is 3.98. The summed E-state index contributed by atoms with van der Waals surface area (Å²) in [5.74, 6) is 1.27. The highest BCUT2D eigenvalue weighted by molar-refractivity contribution is 5.76. The Morgan fingerprint density at radius 2 is 2.08 bits per heavy atom. The molecule has 2 aromatic rings. The summed E-state index contributed by atoms with van der Waals surface area (Å²) in [5.41, 5.74) is 1.38. The van der Waals surface area contributed by atoms with Crippen LogP contribution in [0.3, 0.4) is 0 Å². The molecule has 2 aliphatic rings.